The SMILES string of the molecule is CC(C)(C)C(=O)NCc1ccc(Cl)c(SC#N)c1Cl.CNc1nc(OCC(F)F)c(C(=O)NC2CCC(C(F)(F)F)CC2)cc1N.Cn1c(Cc2c(Cl)ccc(CNC(=O)C(C)(C)C)c2Cl)nc2cc(C(=O)NC3CCC(C(F)(F)F)CC3)c(OCC(F)F)nc21.[2H][I-]C. The number of amides is 4. The third-order valence-electron chi connectivity index (χ3n) is 14.5. The zero-order chi connectivity index (χ0) is 70.8. The van der Waals surface area contributed by atoms with Gasteiger partial charge in [0.25, 0.3) is 24.7 Å². The van der Waals surface area contributed by atoms with Gasteiger partial charge in [0.2, 0.25) is 23.6 Å². The number of ether oxygens (including phenoxy) is 2. The first-order chi connectivity index (χ1) is 43.7. The van der Waals surface area contributed by atoms with Crippen LogP contribution >= 0.6 is 58.2 Å². The number of nitrogens with two attached hydrogens (primary N) is 1. The number of fused-ring (bicyclic) bond motifs is 1. The summed E-state index contributed by atoms with van der Waals surface area (Å²) in [6.45, 7) is 9.38. The molecule has 3 aromatic heterocycles. The second-order valence-corrected chi connectivity index (χ2v) is 25.8. The number of halogens is 15. The number of aromatic nitrogens is 4. The number of alkyl halides is 11. The molecule has 33 heteroatoms. The van der Waals surface area contributed by atoms with E-state index < -0.39 is 85.0 Å². The van der Waals surface area contributed by atoms with Crippen molar-refractivity contribution in [2.75, 3.05) is 36.2 Å². The van der Waals surface area contributed by atoms with E-state index in [0.717, 1.165) is 17.3 Å². The average molecular weight is 1540 g/mol. The Balaban J connectivity index is 0.000000325. The number of nitrogens with zero attached hydrogens (tertiary/aromatic N) is 5. The third-order valence-corrected chi connectivity index (χ3v) is 17.0. The summed E-state index contributed by atoms with van der Waals surface area (Å²) in [6, 6.07) is 8.38. The van der Waals surface area contributed by atoms with Crippen molar-refractivity contribution >= 4 is 104 Å². The molecule has 0 atom stereocenters. The molecule has 0 aliphatic heterocycles. The van der Waals surface area contributed by atoms with E-state index in [9.17, 15) is 63.1 Å². The summed E-state index contributed by atoms with van der Waals surface area (Å²) >= 11 is 26.1. The molecule has 4 amide bonds. The van der Waals surface area contributed by atoms with E-state index >= 15 is 0 Å². The number of anilines is 2. The Bertz CT molecular complexity index is 3450. The number of carbonyl (C=O) groups excluding carboxylic acids is 4. The number of thiocyanates is 1. The number of imidazole rings is 1. The Morgan fingerprint density at radius 2 is 1.15 bits per heavy atom. The van der Waals surface area contributed by atoms with Gasteiger partial charge in [0, 0.05) is 61.5 Å². The van der Waals surface area contributed by atoms with Crippen LogP contribution in [-0.2, 0) is 36.1 Å². The number of hydrogen-bond acceptors (Lipinski definition) is 13. The van der Waals surface area contributed by atoms with Crippen LogP contribution in [0.25, 0.3) is 11.2 Å². The van der Waals surface area contributed by atoms with Gasteiger partial charge in [-0.25, -0.2) is 22.5 Å². The van der Waals surface area contributed by atoms with Crippen LogP contribution in [0, 0.1) is 33.3 Å². The normalized spacial score (nSPS) is 16.9. The molecule has 3 heterocycles. The minimum absolute atomic E-state index is 0.0620. The monoisotopic (exact) mass is 1530 g/mol. The quantitative estimate of drug-likeness (QED) is 0.0157. The van der Waals surface area contributed by atoms with Crippen LogP contribution in [0.4, 0.5) is 55.4 Å². The second kappa shape index (κ2) is 35.4. The summed E-state index contributed by atoms with van der Waals surface area (Å²) in [6.07, 6.45) is -13.9. The molecule has 7 N–H and O–H groups in total. The van der Waals surface area contributed by atoms with Crippen molar-refractivity contribution in [1.82, 2.24) is 40.8 Å². The summed E-state index contributed by atoms with van der Waals surface area (Å²) in [5, 5.41) is 25.8. The third kappa shape index (κ3) is 23.6. The fraction of sp³-hybridized carbons (Fsp3) is 0.533. The summed E-state index contributed by atoms with van der Waals surface area (Å²) in [4.78, 5) is 65.1. The van der Waals surface area contributed by atoms with E-state index in [1.165, 1.54) is 19.2 Å². The fourth-order valence-corrected chi connectivity index (χ4v) is 11.0. The molecule has 0 saturated heterocycles. The van der Waals surface area contributed by atoms with E-state index in [-0.39, 0.29) is 144 Å². The Morgan fingerprint density at radius 3 is 1.57 bits per heavy atom. The molecule has 2 aliphatic rings. The van der Waals surface area contributed by atoms with Gasteiger partial charge in [-0.3, -0.25) is 19.2 Å². The second-order valence-electron chi connectivity index (χ2n) is 23.4. The van der Waals surface area contributed by atoms with E-state index in [1.54, 1.807) is 56.7 Å². The first kappa shape index (κ1) is 78.0. The molecule has 0 unspecified atom stereocenters. The molecule has 5 aromatic rings. The van der Waals surface area contributed by atoms with Gasteiger partial charge in [0.1, 0.15) is 27.9 Å². The Labute approximate surface area is 570 Å². The van der Waals surface area contributed by atoms with Gasteiger partial charge in [-0.05, 0) is 104 Å². The topological polar surface area (TPSA) is 240 Å². The van der Waals surface area contributed by atoms with E-state index in [1.807, 2.05) is 31.1 Å². The van der Waals surface area contributed by atoms with Crippen molar-refractivity contribution in [1.29, 1.82) is 5.86 Å². The van der Waals surface area contributed by atoms with Gasteiger partial charge in [-0.1, -0.05) is 100 Å². The van der Waals surface area contributed by atoms with Crippen molar-refractivity contribution in [3.05, 3.63) is 90.1 Å². The molecule has 2 aromatic carbocycles. The Hall–Kier alpha value is -5.68. The molecule has 17 nitrogen and oxygen atoms in total. The number of hydrogen-bond donors (Lipinski definition) is 6. The fourth-order valence-electron chi connectivity index (χ4n) is 9.33. The molecule has 0 radical (unpaired) electrons. The van der Waals surface area contributed by atoms with Crippen molar-refractivity contribution < 1.29 is 94.9 Å². The number of benzene rings is 2. The Morgan fingerprint density at radius 1 is 0.720 bits per heavy atom. The van der Waals surface area contributed by atoms with Crippen LogP contribution in [0.5, 0.6) is 11.8 Å². The first-order valence-corrected chi connectivity index (χ1v) is 33.2. The van der Waals surface area contributed by atoms with Crippen LogP contribution < -0.4 is 64.2 Å². The standard InChI is InChI=1S/C30H34Cl2F5N5O3.C16H21F5N4O2.C13H14Cl2N2OS.CH4I/c1-29(2,3)28(44)38-13-15-5-10-20(31)18(24(15)32)12-23-40-21-11-19(27(45-14-22(33)34)41-25(21)42(23)4)26(43)39-17-8-6-16(7-9-17)30(35,36)37;1-23-13-11(22)6-10(15(25-13)27-7-12(17)18)14(26)24-9-4-2-8(3-5-9)16(19,20)21;1-13(2,3)12(18)17-6-8-4-5-9(14)11(10(8)15)19-7-16;1-2/h5,10-11,16-17,22H,6-9,12-14H2,1-4H3,(H,38,44)(H,39,43);6,8-9,12H,2-5,7,22H2,1H3,(H,23,25)(H,24,26);4-5H,6H2,1-3H3,(H,17,18);2H,1H3/q;;;-1/i;;;2D. The van der Waals surface area contributed by atoms with E-state index in [2.05, 4.69) is 41.5 Å². The van der Waals surface area contributed by atoms with Gasteiger partial charge in [-0.2, -0.15) is 41.6 Å². The van der Waals surface area contributed by atoms with Gasteiger partial charge in [0.05, 0.1) is 37.5 Å². The number of pyridine rings is 2. The number of thioether (sulfide) groups is 1. The number of rotatable bonds is 18. The molecule has 2 aliphatic carbocycles. The first-order valence-electron chi connectivity index (χ1n) is 29.1. The van der Waals surface area contributed by atoms with Gasteiger partial charge < -0.3 is 46.4 Å². The summed E-state index contributed by atoms with van der Waals surface area (Å²) < 4.78 is 146. The van der Waals surface area contributed by atoms with E-state index in [0.29, 0.717) is 48.5 Å². The summed E-state index contributed by atoms with van der Waals surface area (Å²) in [5.41, 5.74) is 6.89. The predicted molar refractivity (Wildman–Crippen MR) is 335 cm³/mol. The van der Waals surface area contributed by atoms with Crippen LogP contribution in [0.3, 0.4) is 0 Å². The molecular weight excluding hydrogens is 1460 g/mol. The molecule has 2 fully saturated rings. The van der Waals surface area contributed by atoms with Gasteiger partial charge in [-0.15, -0.1) is 0 Å². The molecule has 2 saturated carbocycles. The molecule has 0 spiro atoms. The molecular formula is C60H73Cl4F10IN11O6S-. The zero-order valence-electron chi connectivity index (χ0n) is 53.0. The number of aryl methyl sites for hydroxylation is 1. The van der Waals surface area contributed by atoms with Crippen LogP contribution in [0.2, 0.25) is 20.1 Å². The number of carbonyl (C=O) groups is 4. The number of nitriles is 1. The van der Waals surface area contributed by atoms with Crippen molar-refractivity contribution in [3.63, 3.8) is 0 Å². The van der Waals surface area contributed by atoms with Crippen molar-refractivity contribution in [2.24, 2.45) is 29.7 Å². The van der Waals surface area contributed by atoms with Crippen molar-refractivity contribution in [2.45, 2.75) is 155 Å². The van der Waals surface area contributed by atoms with Crippen LogP contribution in [0.1, 0.15) is 136 Å². The maximum absolute atomic E-state index is 13.2. The molecule has 93 heavy (non-hydrogen) atoms. The zero-order valence-corrected chi connectivity index (χ0v) is 58.0. The summed E-state index contributed by atoms with van der Waals surface area (Å²) in [5.74, 6) is -4.51. The molecule has 7 rings (SSSR count). The molecule has 516 valence electrons. The van der Waals surface area contributed by atoms with Crippen LogP contribution in [0.15, 0.2) is 41.3 Å². The summed E-state index contributed by atoms with van der Waals surface area (Å²) in [7, 11) is 3.15. The van der Waals surface area contributed by atoms with Gasteiger partial charge in [0.15, 0.2) is 24.7 Å². The molecule has 0 bridgehead atoms. The number of nitrogen functional groups attached to an aromatic ring is 1. The van der Waals surface area contributed by atoms with E-state index in [4.69, 9.17) is 67.5 Å². The average Bonchev–Trinajstić information content (AvgIpc) is 1.60. The minimum atomic E-state index is -4.30. The van der Waals surface area contributed by atoms with Crippen LogP contribution in [-0.4, -0.2) is 106 Å². The maximum atomic E-state index is 13.2. The van der Waals surface area contributed by atoms with Crippen molar-refractivity contribution in [3.8, 4) is 17.2 Å². The number of nitrogens with one attached hydrogen (secondary N) is 5. The van der Waals surface area contributed by atoms with Gasteiger partial charge >= 0.3 is 40.3 Å². The Kier molecular flexibility index (Phi) is 29.7. The predicted octanol–water partition coefficient (Wildman–Crippen LogP) is 11.4.